The fourth-order valence-electron chi connectivity index (χ4n) is 2.46. The van der Waals surface area contributed by atoms with Crippen molar-refractivity contribution in [1.82, 2.24) is 20.4 Å². The molecule has 2 heterocycles. The summed E-state index contributed by atoms with van der Waals surface area (Å²) in [4.78, 5) is 4.57. The summed E-state index contributed by atoms with van der Waals surface area (Å²) in [7, 11) is 2.16. The van der Waals surface area contributed by atoms with E-state index < -0.39 is 0 Å². The van der Waals surface area contributed by atoms with Gasteiger partial charge in [0.25, 0.3) is 0 Å². The van der Waals surface area contributed by atoms with Gasteiger partial charge in [-0.3, -0.25) is 0 Å². The van der Waals surface area contributed by atoms with E-state index in [1.165, 1.54) is 0 Å². The van der Waals surface area contributed by atoms with Crippen molar-refractivity contribution in [3.8, 4) is 0 Å². The normalized spacial score (nSPS) is 21.6. The van der Waals surface area contributed by atoms with Crippen LogP contribution < -0.4 is 10.2 Å². The number of hydrogen-bond acceptors (Lipinski definition) is 6. The van der Waals surface area contributed by atoms with Gasteiger partial charge in [-0.15, -0.1) is 5.10 Å². The first-order valence-electron chi connectivity index (χ1n) is 7.19. The average molecular weight is 267 g/mol. The third-order valence-electron chi connectivity index (χ3n) is 3.45. The van der Waals surface area contributed by atoms with Crippen LogP contribution in [0.5, 0.6) is 0 Å². The van der Waals surface area contributed by atoms with Crippen molar-refractivity contribution in [3.05, 3.63) is 5.89 Å². The zero-order chi connectivity index (χ0) is 13.7. The molecule has 0 aliphatic carbocycles. The van der Waals surface area contributed by atoms with Crippen LogP contribution in [0.1, 0.15) is 32.6 Å². The largest absolute Gasteiger partial charge is 0.407 e. The first-order valence-corrected chi connectivity index (χ1v) is 7.19. The molecule has 1 unspecified atom stereocenters. The number of anilines is 1. The summed E-state index contributed by atoms with van der Waals surface area (Å²) in [5.74, 6) is 0.674. The summed E-state index contributed by atoms with van der Waals surface area (Å²) in [5, 5.41) is 11.6. The molecule has 1 aliphatic heterocycles. The molecule has 0 amide bonds. The Balaban J connectivity index is 1.96. The predicted octanol–water partition coefficient (Wildman–Crippen LogP) is 1.10. The second-order valence-electron chi connectivity index (χ2n) is 5.31. The lowest BCUT2D eigenvalue weighted by molar-refractivity contribution is 0.334. The number of nitrogens with zero attached hydrogens (tertiary/aromatic N) is 4. The molecule has 2 rings (SSSR count). The van der Waals surface area contributed by atoms with Gasteiger partial charge in [0.15, 0.2) is 0 Å². The maximum Gasteiger partial charge on any atom is 0.318 e. The molecular formula is C13H25N5O. The number of likely N-dealkylation sites (N-methyl/N-ethyl adjacent to an activating group) is 1. The molecule has 0 saturated carbocycles. The van der Waals surface area contributed by atoms with E-state index in [2.05, 4.69) is 46.2 Å². The summed E-state index contributed by atoms with van der Waals surface area (Å²) in [5.41, 5.74) is 0. The number of aromatic nitrogens is 2. The van der Waals surface area contributed by atoms with Crippen LogP contribution in [0, 0.1) is 0 Å². The van der Waals surface area contributed by atoms with E-state index in [1.807, 2.05) is 0 Å². The maximum atomic E-state index is 5.75. The van der Waals surface area contributed by atoms with E-state index in [4.69, 9.17) is 4.42 Å². The lowest BCUT2D eigenvalue weighted by Crippen LogP contribution is -2.38. The second-order valence-corrected chi connectivity index (χ2v) is 5.31. The molecular weight excluding hydrogens is 242 g/mol. The highest BCUT2D eigenvalue weighted by Gasteiger charge is 2.23. The van der Waals surface area contributed by atoms with Gasteiger partial charge in [0, 0.05) is 19.1 Å². The number of nitrogens with one attached hydrogen (secondary N) is 1. The van der Waals surface area contributed by atoms with E-state index >= 15 is 0 Å². The first kappa shape index (κ1) is 14.3. The molecule has 0 radical (unpaired) electrons. The summed E-state index contributed by atoms with van der Waals surface area (Å²) in [6, 6.07) is 1.07. The van der Waals surface area contributed by atoms with E-state index in [0.29, 0.717) is 24.5 Å². The smallest absolute Gasteiger partial charge is 0.318 e. The lowest BCUT2D eigenvalue weighted by atomic mass is 10.3. The first-order chi connectivity index (χ1) is 9.20. The van der Waals surface area contributed by atoms with Crippen molar-refractivity contribution in [3.63, 3.8) is 0 Å². The minimum Gasteiger partial charge on any atom is -0.407 e. The van der Waals surface area contributed by atoms with E-state index in [1.54, 1.807) is 0 Å². The molecule has 6 heteroatoms. The monoisotopic (exact) mass is 267 g/mol. The van der Waals surface area contributed by atoms with Crippen LogP contribution in [-0.2, 0) is 6.54 Å². The fourth-order valence-corrected chi connectivity index (χ4v) is 2.46. The van der Waals surface area contributed by atoms with Gasteiger partial charge in [0.2, 0.25) is 5.89 Å². The molecule has 1 aromatic rings. The molecule has 0 spiro atoms. The van der Waals surface area contributed by atoms with Crippen LogP contribution in [0.15, 0.2) is 4.42 Å². The van der Waals surface area contributed by atoms with Crippen molar-refractivity contribution in [1.29, 1.82) is 0 Å². The van der Waals surface area contributed by atoms with Gasteiger partial charge in [0.1, 0.15) is 0 Å². The molecule has 0 aromatic carbocycles. The Hall–Kier alpha value is -1.14. The molecule has 1 atom stereocenters. The summed E-state index contributed by atoms with van der Waals surface area (Å²) >= 11 is 0. The molecule has 1 aromatic heterocycles. The Morgan fingerprint density at radius 1 is 1.37 bits per heavy atom. The summed E-state index contributed by atoms with van der Waals surface area (Å²) < 4.78 is 5.75. The molecule has 1 saturated heterocycles. The van der Waals surface area contributed by atoms with Gasteiger partial charge in [-0.25, -0.2) is 0 Å². The van der Waals surface area contributed by atoms with Crippen molar-refractivity contribution in [2.24, 2.45) is 0 Å². The lowest BCUT2D eigenvalue weighted by Gasteiger charge is -2.25. The van der Waals surface area contributed by atoms with Gasteiger partial charge < -0.3 is 19.5 Å². The number of rotatable bonds is 5. The van der Waals surface area contributed by atoms with Crippen molar-refractivity contribution in [2.45, 2.75) is 39.3 Å². The Bertz CT molecular complexity index is 381. The van der Waals surface area contributed by atoms with Gasteiger partial charge in [-0.05, 0) is 39.9 Å². The minimum atomic E-state index is 0.407. The molecule has 1 fully saturated rings. The maximum absolute atomic E-state index is 5.75. The second kappa shape index (κ2) is 6.86. The van der Waals surface area contributed by atoms with Crippen molar-refractivity contribution < 1.29 is 4.42 Å². The zero-order valence-corrected chi connectivity index (χ0v) is 12.2. The highest BCUT2D eigenvalue weighted by molar-refractivity contribution is 5.26. The topological polar surface area (TPSA) is 57.4 Å². The standard InChI is InChI=1S/C13H25N5O/c1-4-6-14-9-12-15-16-13(19-12)18-8-5-7-17(3)10-11(18)2/h11,14H,4-10H2,1-3H3. The quantitative estimate of drug-likeness (QED) is 0.806. The van der Waals surface area contributed by atoms with Crippen LogP contribution in [0.3, 0.4) is 0 Å². The molecule has 19 heavy (non-hydrogen) atoms. The third kappa shape index (κ3) is 3.91. The predicted molar refractivity (Wildman–Crippen MR) is 75.2 cm³/mol. The molecule has 1 N–H and O–H groups in total. The third-order valence-corrected chi connectivity index (χ3v) is 3.45. The fraction of sp³-hybridized carbons (Fsp3) is 0.846. The van der Waals surface area contributed by atoms with E-state index in [9.17, 15) is 0 Å². The zero-order valence-electron chi connectivity index (χ0n) is 12.2. The summed E-state index contributed by atoms with van der Waals surface area (Å²) in [6.07, 6.45) is 2.24. The molecule has 108 valence electrons. The van der Waals surface area contributed by atoms with E-state index in [0.717, 1.165) is 39.0 Å². The highest BCUT2D eigenvalue weighted by Crippen LogP contribution is 2.18. The van der Waals surface area contributed by atoms with Crippen LogP contribution in [-0.4, -0.2) is 54.4 Å². The van der Waals surface area contributed by atoms with Crippen LogP contribution >= 0.6 is 0 Å². The molecule has 1 aliphatic rings. The van der Waals surface area contributed by atoms with E-state index in [-0.39, 0.29) is 0 Å². The van der Waals surface area contributed by atoms with Gasteiger partial charge in [0.05, 0.1) is 6.54 Å². The Morgan fingerprint density at radius 3 is 3.00 bits per heavy atom. The van der Waals surface area contributed by atoms with Gasteiger partial charge in [-0.2, -0.15) is 0 Å². The molecule has 0 bridgehead atoms. The SMILES string of the molecule is CCCNCc1nnc(N2CCCN(C)CC2C)o1. The van der Waals surface area contributed by atoms with Crippen LogP contribution in [0.4, 0.5) is 6.01 Å². The van der Waals surface area contributed by atoms with Gasteiger partial charge >= 0.3 is 6.01 Å². The Labute approximate surface area is 115 Å². The summed E-state index contributed by atoms with van der Waals surface area (Å²) in [6.45, 7) is 9.12. The Morgan fingerprint density at radius 2 is 2.21 bits per heavy atom. The number of hydrogen-bond donors (Lipinski definition) is 1. The van der Waals surface area contributed by atoms with Crippen molar-refractivity contribution >= 4 is 6.01 Å². The molecule has 6 nitrogen and oxygen atoms in total. The Kier molecular flexibility index (Phi) is 5.15. The minimum absolute atomic E-state index is 0.407. The highest BCUT2D eigenvalue weighted by atomic mass is 16.4. The average Bonchev–Trinajstić information content (AvgIpc) is 2.76. The van der Waals surface area contributed by atoms with Crippen molar-refractivity contribution in [2.75, 3.05) is 38.1 Å². The van der Waals surface area contributed by atoms with Crippen LogP contribution in [0.25, 0.3) is 0 Å². The van der Waals surface area contributed by atoms with Crippen LogP contribution in [0.2, 0.25) is 0 Å². The van der Waals surface area contributed by atoms with Gasteiger partial charge in [-0.1, -0.05) is 12.0 Å².